The molecule has 0 aliphatic carbocycles. The molecular weight excluding hydrogens is 396 g/mol. The Morgan fingerprint density at radius 1 is 1.03 bits per heavy atom. The van der Waals surface area contributed by atoms with Gasteiger partial charge < -0.3 is 19.3 Å². The Hall–Kier alpha value is -1.97. The molecule has 1 amide bonds. The van der Waals surface area contributed by atoms with E-state index in [1.165, 1.54) is 36.3 Å². The monoisotopic (exact) mass is 428 g/mol. The number of benzene rings is 1. The van der Waals surface area contributed by atoms with E-state index in [0.717, 1.165) is 0 Å². The molecule has 0 bridgehead atoms. The quantitative estimate of drug-likeness (QED) is 0.521. The number of methoxy groups -OCH3 is 1. The molecule has 1 aromatic carbocycles. The summed E-state index contributed by atoms with van der Waals surface area (Å²) in [4.78, 5) is 28.6. The molecule has 0 spiro atoms. The van der Waals surface area contributed by atoms with Crippen molar-refractivity contribution in [1.82, 2.24) is 9.80 Å². The molecule has 0 aliphatic rings. The average molecular weight is 429 g/mol. The first kappa shape index (κ1) is 25.1. The van der Waals surface area contributed by atoms with Crippen molar-refractivity contribution in [2.24, 2.45) is 0 Å². The Morgan fingerprint density at radius 3 is 2.10 bits per heavy atom. The number of amides is 1. The third kappa shape index (κ3) is 8.93. The van der Waals surface area contributed by atoms with E-state index in [1.807, 2.05) is 19.0 Å². The van der Waals surface area contributed by atoms with E-state index in [1.54, 1.807) is 20.8 Å². The maximum atomic E-state index is 12.9. The summed E-state index contributed by atoms with van der Waals surface area (Å²) in [7, 11) is 1.70. The maximum absolute atomic E-state index is 12.9. The molecule has 164 valence electrons. The van der Waals surface area contributed by atoms with Gasteiger partial charge in [-0.15, -0.1) is 0 Å². The first-order chi connectivity index (χ1) is 13.4. The molecule has 0 unspecified atom stereocenters. The molecule has 0 atom stereocenters. The van der Waals surface area contributed by atoms with E-state index in [4.69, 9.17) is 9.47 Å². The second-order valence-corrected chi connectivity index (χ2v) is 10.1. The molecule has 0 radical (unpaired) electrons. The highest BCUT2D eigenvalue weighted by Gasteiger charge is 2.23. The van der Waals surface area contributed by atoms with E-state index in [2.05, 4.69) is 0 Å². The van der Waals surface area contributed by atoms with E-state index >= 15 is 0 Å². The van der Waals surface area contributed by atoms with E-state index in [9.17, 15) is 18.0 Å². The summed E-state index contributed by atoms with van der Waals surface area (Å²) >= 11 is 0. The van der Waals surface area contributed by atoms with Gasteiger partial charge in [-0.25, -0.2) is 8.42 Å². The summed E-state index contributed by atoms with van der Waals surface area (Å²) in [6, 6.07) is 5.71. The first-order valence-electron chi connectivity index (χ1n) is 9.33. The third-order valence-corrected chi connectivity index (χ3v) is 5.56. The van der Waals surface area contributed by atoms with Crippen LogP contribution >= 0.6 is 0 Å². The van der Waals surface area contributed by atoms with Crippen LogP contribution in [0.4, 0.5) is 0 Å². The fourth-order valence-corrected chi connectivity index (χ4v) is 3.57. The molecule has 0 aromatic heterocycles. The van der Waals surface area contributed by atoms with Gasteiger partial charge in [0.15, 0.2) is 9.84 Å². The van der Waals surface area contributed by atoms with Crippen LogP contribution in [0.3, 0.4) is 0 Å². The van der Waals surface area contributed by atoms with Gasteiger partial charge in [0.25, 0.3) is 5.91 Å². The molecule has 0 N–H and O–H groups in total. The number of esters is 1. The van der Waals surface area contributed by atoms with Gasteiger partial charge in [-0.1, -0.05) is 0 Å². The number of likely N-dealkylation sites (N-methyl/N-ethyl adjacent to an activating group) is 1. The first-order valence-corrected chi connectivity index (χ1v) is 11.0. The molecule has 8 nitrogen and oxygen atoms in total. The lowest BCUT2D eigenvalue weighted by atomic mass is 10.2. The van der Waals surface area contributed by atoms with Crippen LogP contribution in [0.15, 0.2) is 29.2 Å². The Kier molecular flexibility index (Phi) is 9.25. The minimum atomic E-state index is -3.48. The van der Waals surface area contributed by atoms with Gasteiger partial charge in [-0.05, 0) is 59.1 Å². The predicted octanol–water partition coefficient (Wildman–Crippen LogP) is 1.45. The van der Waals surface area contributed by atoms with Crippen molar-refractivity contribution in [2.75, 3.05) is 53.2 Å². The van der Waals surface area contributed by atoms with Crippen molar-refractivity contribution in [2.45, 2.75) is 31.3 Å². The van der Waals surface area contributed by atoms with Gasteiger partial charge in [-0.2, -0.15) is 0 Å². The number of rotatable bonds is 10. The van der Waals surface area contributed by atoms with Crippen LogP contribution in [0.25, 0.3) is 0 Å². The summed E-state index contributed by atoms with van der Waals surface area (Å²) in [5, 5.41) is 0. The number of carbonyl (C=O) groups is 2. The van der Waals surface area contributed by atoms with Gasteiger partial charge in [0.1, 0.15) is 12.1 Å². The minimum Gasteiger partial charge on any atom is -0.459 e. The summed E-state index contributed by atoms with van der Waals surface area (Å²) < 4.78 is 34.6. The van der Waals surface area contributed by atoms with Crippen LogP contribution in [-0.2, 0) is 24.1 Å². The van der Waals surface area contributed by atoms with Crippen LogP contribution in [-0.4, -0.2) is 88.9 Å². The number of ether oxygens (including phenoxy) is 2. The Balaban J connectivity index is 2.98. The number of nitrogens with zero attached hydrogens (tertiary/aromatic N) is 2. The lowest BCUT2D eigenvalue weighted by Gasteiger charge is -2.26. The zero-order valence-corrected chi connectivity index (χ0v) is 18.9. The number of carbonyl (C=O) groups excluding carboxylic acids is 2. The smallest absolute Gasteiger partial charge is 0.326 e. The number of sulfone groups is 1. The highest BCUT2D eigenvalue weighted by Crippen LogP contribution is 2.15. The lowest BCUT2D eigenvalue weighted by molar-refractivity contribution is -0.155. The maximum Gasteiger partial charge on any atom is 0.326 e. The molecule has 0 fully saturated rings. The summed E-state index contributed by atoms with van der Waals surface area (Å²) in [5.41, 5.74) is -0.344. The third-order valence-electron chi connectivity index (χ3n) is 3.86. The van der Waals surface area contributed by atoms with E-state index < -0.39 is 21.4 Å². The van der Waals surface area contributed by atoms with Crippen LogP contribution in [0.2, 0.25) is 0 Å². The van der Waals surface area contributed by atoms with Gasteiger partial charge in [0, 0.05) is 25.8 Å². The van der Waals surface area contributed by atoms with Crippen LogP contribution in [0.5, 0.6) is 0 Å². The minimum absolute atomic E-state index is 0.0945. The number of hydrogen-bond acceptors (Lipinski definition) is 7. The Morgan fingerprint density at radius 2 is 1.62 bits per heavy atom. The van der Waals surface area contributed by atoms with Crippen molar-refractivity contribution in [3.05, 3.63) is 29.8 Å². The van der Waals surface area contributed by atoms with Crippen LogP contribution < -0.4 is 0 Å². The highest BCUT2D eigenvalue weighted by atomic mass is 32.2. The molecule has 0 heterocycles. The fourth-order valence-electron chi connectivity index (χ4n) is 2.40. The van der Waals surface area contributed by atoms with Crippen molar-refractivity contribution >= 4 is 21.7 Å². The second kappa shape index (κ2) is 10.7. The average Bonchev–Trinajstić information content (AvgIpc) is 2.61. The Labute approximate surface area is 173 Å². The Bertz CT molecular complexity index is 782. The SMILES string of the molecule is COCCS(=O)(=O)c1ccc(C(=O)N(CCN(C)C)CC(=O)OC(C)(C)C)cc1. The van der Waals surface area contributed by atoms with E-state index in [-0.39, 0.29) is 29.7 Å². The normalized spacial score (nSPS) is 12.1. The molecule has 9 heteroatoms. The lowest BCUT2D eigenvalue weighted by Crippen LogP contribution is -2.42. The van der Waals surface area contributed by atoms with Gasteiger partial charge in [0.2, 0.25) is 0 Å². The molecule has 29 heavy (non-hydrogen) atoms. The molecular formula is C20H32N2O6S. The van der Waals surface area contributed by atoms with Crippen molar-refractivity contribution in [3.63, 3.8) is 0 Å². The van der Waals surface area contributed by atoms with Crippen molar-refractivity contribution in [3.8, 4) is 0 Å². The molecule has 0 aliphatic heterocycles. The molecule has 1 rings (SSSR count). The largest absolute Gasteiger partial charge is 0.459 e. The van der Waals surface area contributed by atoms with Crippen LogP contribution in [0, 0.1) is 0 Å². The molecule has 0 saturated carbocycles. The summed E-state index contributed by atoms with van der Waals surface area (Å²) in [6.45, 7) is 6.10. The van der Waals surface area contributed by atoms with Crippen molar-refractivity contribution in [1.29, 1.82) is 0 Å². The van der Waals surface area contributed by atoms with Crippen LogP contribution in [0.1, 0.15) is 31.1 Å². The molecule has 0 saturated heterocycles. The van der Waals surface area contributed by atoms with E-state index in [0.29, 0.717) is 18.7 Å². The zero-order chi connectivity index (χ0) is 22.2. The fraction of sp³-hybridized carbons (Fsp3) is 0.600. The second-order valence-electron chi connectivity index (χ2n) is 7.95. The summed E-state index contributed by atoms with van der Waals surface area (Å²) in [6.07, 6.45) is 0. The predicted molar refractivity (Wildman–Crippen MR) is 111 cm³/mol. The molecule has 1 aromatic rings. The standard InChI is InChI=1S/C20H32N2O6S/c1-20(2,3)28-18(23)15-22(12-11-21(4)5)19(24)16-7-9-17(10-8-16)29(25,26)14-13-27-6/h7-10H,11-15H2,1-6H3. The zero-order valence-electron chi connectivity index (χ0n) is 18.1. The topological polar surface area (TPSA) is 93.2 Å². The van der Waals surface area contributed by atoms with Gasteiger partial charge in [0.05, 0.1) is 17.3 Å². The summed E-state index contributed by atoms with van der Waals surface area (Å²) in [5.74, 6) is -0.994. The highest BCUT2D eigenvalue weighted by molar-refractivity contribution is 7.91. The van der Waals surface area contributed by atoms with Crippen molar-refractivity contribution < 1.29 is 27.5 Å². The van der Waals surface area contributed by atoms with Gasteiger partial charge >= 0.3 is 5.97 Å². The van der Waals surface area contributed by atoms with Gasteiger partial charge in [-0.3, -0.25) is 9.59 Å². The number of hydrogen-bond donors (Lipinski definition) is 0.